The van der Waals surface area contributed by atoms with Crippen LogP contribution in [0, 0.1) is 5.92 Å². The smallest absolute Gasteiger partial charge is 0.410 e. The van der Waals surface area contributed by atoms with E-state index in [2.05, 4.69) is 38.1 Å². The predicted octanol–water partition coefficient (Wildman–Crippen LogP) is 5.80. The molecule has 154 valence electrons. The lowest BCUT2D eigenvalue weighted by Gasteiger charge is -2.25. The van der Waals surface area contributed by atoms with Crippen LogP contribution in [-0.2, 0) is 11.3 Å². The standard InChI is InChI=1S/C26H27NO3/c1-18(2)15-27(16-19-8-7-9-20(28)14-19)26(29)30-17-25-23-12-5-3-10-21(23)22-11-4-6-13-24(22)25/h3-14,18,25,28H,15-17H2,1-2H3. The number of amides is 1. The average Bonchev–Trinajstić information content (AvgIpc) is 3.05. The SMILES string of the molecule is CC(C)CN(Cc1cccc(O)c1)C(=O)OCC1c2ccccc2-c2ccccc21. The normalized spacial score (nSPS) is 12.5. The molecule has 0 bridgehead atoms. The average molecular weight is 402 g/mol. The summed E-state index contributed by atoms with van der Waals surface area (Å²) in [7, 11) is 0. The first-order chi connectivity index (χ1) is 14.5. The zero-order chi connectivity index (χ0) is 21.1. The highest BCUT2D eigenvalue weighted by Crippen LogP contribution is 2.44. The number of hydrogen-bond acceptors (Lipinski definition) is 3. The van der Waals surface area contributed by atoms with E-state index < -0.39 is 0 Å². The molecule has 1 aliphatic rings. The maximum atomic E-state index is 13.0. The minimum atomic E-state index is -0.325. The number of ether oxygens (including phenoxy) is 1. The third-order valence-electron chi connectivity index (χ3n) is 5.46. The van der Waals surface area contributed by atoms with Crippen molar-refractivity contribution < 1.29 is 14.6 Å². The highest BCUT2D eigenvalue weighted by Gasteiger charge is 2.29. The van der Waals surface area contributed by atoms with Crippen LogP contribution < -0.4 is 0 Å². The van der Waals surface area contributed by atoms with Crippen LogP contribution in [0.15, 0.2) is 72.8 Å². The minimum absolute atomic E-state index is 0.0445. The van der Waals surface area contributed by atoms with E-state index in [1.165, 1.54) is 22.3 Å². The fourth-order valence-electron chi connectivity index (χ4n) is 4.20. The second kappa shape index (κ2) is 8.62. The molecular weight excluding hydrogens is 374 g/mol. The van der Waals surface area contributed by atoms with E-state index in [1.54, 1.807) is 23.1 Å². The Kier molecular flexibility index (Phi) is 5.75. The first-order valence-electron chi connectivity index (χ1n) is 10.4. The fraction of sp³-hybridized carbons (Fsp3) is 0.269. The van der Waals surface area contributed by atoms with Gasteiger partial charge in [-0.3, -0.25) is 0 Å². The molecule has 0 saturated heterocycles. The third-order valence-corrected chi connectivity index (χ3v) is 5.46. The number of carbonyl (C=O) groups excluding carboxylic acids is 1. The molecular formula is C26H27NO3. The molecule has 0 aromatic heterocycles. The maximum Gasteiger partial charge on any atom is 0.410 e. The lowest BCUT2D eigenvalue weighted by molar-refractivity contribution is 0.0927. The van der Waals surface area contributed by atoms with Crippen molar-refractivity contribution in [1.82, 2.24) is 4.90 Å². The number of fused-ring (bicyclic) bond motifs is 3. The quantitative estimate of drug-likeness (QED) is 0.568. The Balaban J connectivity index is 1.51. The van der Waals surface area contributed by atoms with E-state index >= 15 is 0 Å². The fourth-order valence-corrected chi connectivity index (χ4v) is 4.20. The predicted molar refractivity (Wildman–Crippen MR) is 118 cm³/mol. The Hall–Kier alpha value is -3.27. The first-order valence-corrected chi connectivity index (χ1v) is 10.4. The van der Waals surface area contributed by atoms with Gasteiger partial charge < -0.3 is 14.7 Å². The maximum absolute atomic E-state index is 13.0. The molecule has 0 atom stereocenters. The van der Waals surface area contributed by atoms with Gasteiger partial charge in [0.25, 0.3) is 0 Å². The van der Waals surface area contributed by atoms with Crippen molar-refractivity contribution in [3.8, 4) is 16.9 Å². The Labute approximate surface area is 177 Å². The Morgan fingerprint density at radius 3 is 2.20 bits per heavy atom. The second-order valence-electron chi connectivity index (χ2n) is 8.25. The Morgan fingerprint density at radius 1 is 0.967 bits per heavy atom. The van der Waals surface area contributed by atoms with Crippen molar-refractivity contribution >= 4 is 6.09 Å². The number of benzene rings is 3. The van der Waals surface area contributed by atoms with Crippen molar-refractivity contribution in [1.29, 1.82) is 0 Å². The van der Waals surface area contributed by atoms with Crippen LogP contribution in [0.5, 0.6) is 5.75 Å². The molecule has 0 radical (unpaired) electrons. The van der Waals surface area contributed by atoms with E-state index in [-0.39, 0.29) is 17.8 Å². The highest BCUT2D eigenvalue weighted by molar-refractivity contribution is 5.79. The number of carbonyl (C=O) groups is 1. The van der Waals surface area contributed by atoms with Crippen molar-refractivity contribution in [2.24, 2.45) is 5.92 Å². The van der Waals surface area contributed by atoms with E-state index in [0.29, 0.717) is 25.6 Å². The summed E-state index contributed by atoms with van der Waals surface area (Å²) >= 11 is 0. The van der Waals surface area contributed by atoms with Gasteiger partial charge in [-0.2, -0.15) is 0 Å². The summed E-state index contributed by atoms with van der Waals surface area (Å²) in [5, 5.41) is 9.74. The number of hydrogen-bond donors (Lipinski definition) is 1. The molecule has 0 heterocycles. The summed E-state index contributed by atoms with van der Waals surface area (Å²) < 4.78 is 5.83. The first kappa shape index (κ1) is 20.0. The van der Waals surface area contributed by atoms with Crippen molar-refractivity contribution in [2.75, 3.05) is 13.2 Å². The van der Waals surface area contributed by atoms with Crippen LogP contribution in [-0.4, -0.2) is 29.3 Å². The summed E-state index contributed by atoms with van der Waals surface area (Å²) in [6, 6.07) is 23.7. The van der Waals surface area contributed by atoms with Crippen LogP contribution in [0.2, 0.25) is 0 Å². The van der Waals surface area contributed by atoms with Crippen molar-refractivity contribution in [2.45, 2.75) is 26.3 Å². The molecule has 0 fully saturated rings. The molecule has 0 spiro atoms. The summed E-state index contributed by atoms with van der Waals surface area (Å²) in [5.74, 6) is 0.551. The van der Waals surface area contributed by atoms with E-state index in [4.69, 9.17) is 4.74 Å². The van der Waals surface area contributed by atoms with Gasteiger partial charge in [0.2, 0.25) is 0 Å². The highest BCUT2D eigenvalue weighted by atomic mass is 16.6. The van der Waals surface area contributed by atoms with Gasteiger partial charge in [0.05, 0.1) is 0 Å². The second-order valence-corrected chi connectivity index (χ2v) is 8.25. The molecule has 0 aliphatic heterocycles. The van der Waals surface area contributed by atoms with Crippen LogP contribution in [0.25, 0.3) is 11.1 Å². The summed E-state index contributed by atoms with van der Waals surface area (Å²) in [6.45, 7) is 5.45. The number of phenolic OH excluding ortho intramolecular Hbond substituents is 1. The molecule has 1 amide bonds. The molecule has 30 heavy (non-hydrogen) atoms. The van der Waals surface area contributed by atoms with Crippen LogP contribution >= 0.6 is 0 Å². The summed E-state index contributed by atoms with van der Waals surface area (Å²) in [5.41, 5.74) is 5.72. The molecule has 4 rings (SSSR count). The van der Waals surface area contributed by atoms with Gasteiger partial charge in [-0.15, -0.1) is 0 Å². The monoisotopic (exact) mass is 401 g/mol. The topological polar surface area (TPSA) is 49.8 Å². The summed E-state index contributed by atoms with van der Waals surface area (Å²) in [6.07, 6.45) is -0.325. The zero-order valence-corrected chi connectivity index (χ0v) is 17.4. The van der Waals surface area contributed by atoms with Crippen LogP contribution in [0.3, 0.4) is 0 Å². The molecule has 4 nitrogen and oxygen atoms in total. The molecule has 1 N–H and O–H groups in total. The van der Waals surface area contributed by atoms with Crippen molar-refractivity contribution in [3.05, 3.63) is 89.5 Å². The van der Waals surface area contributed by atoms with Gasteiger partial charge in [-0.1, -0.05) is 74.5 Å². The number of aromatic hydroxyl groups is 1. The minimum Gasteiger partial charge on any atom is -0.508 e. The molecule has 3 aromatic rings. The number of phenols is 1. The van der Waals surface area contributed by atoms with Crippen molar-refractivity contribution in [3.63, 3.8) is 0 Å². The number of rotatable bonds is 6. The van der Waals surface area contributed by atoms with Gasteiger partial charge in [0.1, 0.15) is 12.4 Å². The number of nitrogens with zero attached hydrogens (tertiary/aromatic N) is 1. The van der Waals surface area contributed by atoms with Crippen LogP contribution in [0.4, 0.5) is 4.79 Å². The largest absolute Gasteiger partial charge is 0.508 e. The van der Waals surface area contributed by atoms with Gasteiger partial charge >= 0.3 is 6.09 Å². The Bertz CT molecular complexity index is 998. The van der Waals surface area contributed by atoms with Crippen LogP contribution in [0.1, 0.15) is 36.5 Å². The molecule has 0 unspecified atom stereocenters. The molecule has 3 aromatic carbocycles. The Morgan fingerprint density at radius 2 is 1.60 bits per heavy atom. The molecule has 0 saturated carbocycles. The van der Waals surface area contributed by atoms with Gasteiger partial charge in [0.15, 0.2) is 0 Å². The zero-order valence-electron chi connectivity index (χ0n) is 17.4. The van der Waals surface area contributed by atoms with Gasteiger partial charge in [0, 0.05) is 19.0 Å². The lowest BCUT2D eigenvalue weighted by Crippen LogP contribution is -2.35. The van der Waals surface area contributed by atoms with E-state index in [9.17, 15) is 9.90 Å². The third kappa shape index (κ3) is 4.18. The van der Waals surface area contributed by atoms with Gasteiger partial charge in [-0.05, 0) is 45.9 Å². The van der Waals surface area contributed by atoms with Gasteiger partial charge in [-0.25, -0.2) is 4.79 Å². The summed E-state index contributed by atoms with van der Waals surface area (Å²) in [4.78, 5) is 14.7. The lowest BCUT2D eigenvalue weighted by atomic mass is 9.98. The molecule has 1 aliphatic carbocycles. The molecule has 4 heteroatoms. The van der Waals surface area contributed by atoms with E-state index in [1.807, 2.05) is 30.3 Å². The van der Waals surface area contributed by atoms with E-state index in [0.717, 1.165) is 5.56 Å².